The molecule has 0 atom stereocenters. The van der Waals surface area contributed by atoms with E-state index in [9.17, 15) is 0 Å². The number of allylic oxidation sites excluding steroid dienone is 3. The first-order valence-electron chi connectivity index (χ1n) is 13.2. The average molecular weight is 455 g/mol. The monoisotopic (exact) mass is 454 g/mol. The number of hydrogen-bond donors (Lipinski definition) is 0. The highest BCUT2D eigenvalue weighted by atomic mass is 19.1. The van der Waals surface area contributed by atoms with Crippen LogP contribution in [0.3, 0.4) is 0 Å². The van der Waals surface area contributed by atoms with Gasteiger partial charge in [0.1, 0.15) is 5.82 Å². The Balaban J connectivity index is 1.34. The van der Waals surface area contributed by atoms with Gasteiger partial charge in [0, 0.05) is 10.9 Å². The van der Waals surface area contributed by atoms with Gasteiger partial charge >= 0.3 is 0 Å². The van der Waals surface area contributed by atoms with E-state index in [2.05, 4.69) is 56.0 Å². The SMILES string of the molecule is C=CCCc1ccc2c(F)c(-c3ccc(CCC4CCC(CC/C=C/C)CC4)cc3)ccc2c1. The van der Waals surface area contributed by atoms with Crippen LogP contribution in [0, 0.1) is 17.7 Å². The Morgan fingerprint density at radius 2 is 1.53 bits per heavy atom. The van der Waals surface area contributed by atoms with E-state index in [1.165, 1.54) is 56.1 Å². The standard InChI is InChI=1S/C33H39F/c1-3-5-7-9-25-10-12-26(13-11-25)14-15-27-16-19-29(20-17-27)31-23-21-30-24-28(8-6-4-2)18-22-32(30)33(31)34/h3-5,16-26H,2,6-15H2,1H3/b5-3+. The van der Waals surface area contributed by atoms with E-state index in [-0.39, 0.29) is 5.82 Å². The number of benzene rings is 3. The summed E-state index contributed by atoms with van der Waals surface area (Å²) in [5, 5.41) is 1.67. The maximum atomic E-state index is 15.3. The Morgan fingerprint density at radius 3 is 2.24 bits per heavy atom. The molecule has 0 bridgehead atoms. The lowest BCUT2D eigenvalue weighted by Gasteiger charge is -2.28. The average Bonchev–Trinajstić information content (AvgIpc) is 2.88. The van der Waals surface area contributed by atoms with Crippen LogP contribution in [0.1, 0.15) is 69.4 Å². The Morgan fingerprint density at radius 1 is 0.824 bits per heavy atom. The normalized spacial score (nSPS) is 18.5. The van der Waals surface area contributed by atoms with Crippen LogP contribution in [0.2, 0.25) is 0 Å². The van der Waals surface area contributed by atoms with Gasteiger partial charge in [0.2, 0.25) is 0 Å². The maximum Gasteiger partial charge on any atom is 0.138 e. The molecule has 0 amide bonds. The van der Waals surface area contributed by atoms with Gasteiger partial charge in [0.15, 0.2) is 0 Å². The zero-order valence-electron chi connectivity index (χ0n) is 20.7. The topological polar surface area (TPSA) is 0 Å². The summed E-state index contributed by atoms with van der Waals surface area (Å²) in [7, 11) is 0. The van der Waals surface area contributed by atoms with Gasteiger partial charge < -0.3 is 0 Å². The number of hydrogen-bond acceptors (Lipinski definition) is 0. The minimum atomic E-state index is -0.119. The molecule has 0 N–H and O–H groups in total. The molecule has 0 nitrogen and oxygen atoms in total. The van der Waals surface area contributed by atoms with Crippen LogP contribution in [0.5, 0.6) is 0 Å². The number of rotatable bonds is 10. The molecule has 0 aliphatic heterocycles. The number of aryl methyl sites for hydroxylation is 2. The van der Waals surface area contributed by atoms with Gasteiger partial charge in [-0.3, -0.25) is 0 Å². The molecule has 0 heterocycles. The zero-order valence-corrected chi connectivity index (χ0v) is 20.7. The largest absolute Gasteiger partial charge is 0.206 e. The Hall–Kier alpha value is -2.67. The molecule has 0 saturated heterocycles. The molecule has 3 aromatic rings. The van der Waals surface area contributed by atoms with Crippen LogP contribution in [0.15, 0.2) is 79.4 Å². The quantitative estimate of drug-likeness (QED) is 0.267. The lowest BCUT2D eigenvalue weighted by molar-refractivity contribution is 0.254. The second-order valence-electron chi connectivity index (χ2n) is 10.1. The first-order chi connectivity index (χ1) is 16.7. The summed E-state index contributed by atoms with van der Waals surface area (Å²) in [4.78, 5) is 0. The van der Waals surface area contributed by atoms with Crippen molar-refractivity contribution < 1.29 is 4.39 Å². The summed E-state index contributed by atoms with van der Waals surface area (Å²) in [5.74, 6) is 1.68. The van der Waals surface area contributed by atoms with Crippen LogP contribution in [-0.4, -0.2) is 0 Å². The van der Waals surface area contributed by atoms with Crippen LogP contribution >= 0.6 is 0 Å². The van der Waals surface area contributed by atoms with Gasteiger partial charge in [-0.15, -0.1) is 6.58 Å². The first-order valence-corrected chi connectivity index (χ1v) is 13.2. The van der Waals surface area contributed by atoms with Gasteiger partial charge in [0.25, 0.3) is 0 Å². The molecular weight excluding hydrogens is 415 g/mol. The predicted molar refractivity (Wildman–Crippen MR) is 146 cm³/mol. The molecule has 1 saturated carbocycles. The third-order valence-electron chi connectivity index (χ3n) is 7.71. The zero-order chi connectivity index (χ0) is 23.8. The van der Waals surface area contributed by atoms with Crippen molar-refractivity contribution in [2.45, 2.75) is 71.1 Å². The summed E-state index contributed by atoms with van der Waals surface area (Å²) in [5.41, 5.74) is 4.24. The van der Waals surface area contributed by atoms with Gasteiger partial charge in [0.05, 0.1) is 0 Å². The van der Waals surface area contributed by atoms with Crippen molar-refractivity contribution in [2.24, 2.45) is 11.8 Å². The molecule has 0 aromatic heterocycles. The molecule has 34 heavy (non-hydrogen) atoms. The highest BCUT2D eigenvalue weighted by molar-refractivity contribution is 5.88. The van der Waals surface area contributed by atoms with Gasteiger partial charge in [-0.05, 0) is 79.4 Å². The maximum absolute atomic E-state index is 15.3. The van der Waals surface area contributed by atoms with E-state index < -0.39 is 0 Å². The lowest BCUT2D eigenvalue weighted by Crippen LogP contribution is -2.15. The van der Waals surface area contributed by atoms with Crippen LogP contribution in [0.25, 0.3) is 21.9 Å². The summed E-state index contributed by atoms with van der Waals surface area (Å²) >= 11 is 0. The third kappa shape index (κ3) is 6.26. The molecular formula is C33H39F. The summed E-state index contributed by atoms with van der Waals surface area (Å²) in [6, 6.07) is 18.6. The van der Waals surface area contributed by atoms with Gasteiger partial charge in [-0.1, -0.05) is 98.5 Å². The molecule has 4 rings (SSSR count). The lowest BCUT2D eigenvalue weighted by atomic mass is 9.78. The number of halogens is 1. The fourth-order valence-electron chi connectivity index (χ4n) is 5.52. The fraction of sp³-hybridized carbons (Fsp3) is 0.394. The smallest absolute Gasteiger partial charge is 0.138 e. The molecule has 0 spiro atoms. The first kappa shape index (κ1) is 24.5. The molecule has 178 valence electrons. The molecule has 1 aliphatic rings. The van der Waals surface area contributed by atoms with E-state index >= 15 is 4.39 Å². The fourth-order valence-corrected chi connectivity index (χ4v) is 5.52. The summed E-state index contributed by atoms with van der Waals surface area (Å²) in [6.45, 7) is 5.90. The summed E-state index contributed by atoms with van der Waals surface area (Å²) < 4.78 is 15.3. The molecule has 0 radical (unpaired) electrons. The minimum absolute atomic E-state index is 0.119. The predicted octanol–water partition coefficient (Wildman–Crippen LogP) is 9.86. The molecule has 3 aromatic carbocycles. The summed E-state index contributed by atoms with van der Waals surface area (Å²) in [6.07, 6.45) is 18.9. The molecule has 1 aliphatic carbocycles. The van der Waals surface area contributed by atoms with Crippen molar-refractivity contribution in [2.75, 3.05) is 0 Å². The van der Waals surface area contributed by atoms with E-state index in [0.29, 0.717) is 10.9 Å². The third-order valence-corrected chi connectivity index (χ3v) is 7.71. The molecule has 1 fully saturated rings. The van der Waals surface area contributed by atoms with Crippen molar-refractivity contribution >= 4 is 10.8 Å². The molecule has 1 heteroatoms. The second kappa shape index (κ2) is 12.2. The van der Waals surface area contributed by atoms with E-state index in [1.807, 2.05) is 30.3 Å². The van der Waals surface area contributed by atoms with Crippen molar-refractivity contribution in [3.8, 4) is 11.1 Å². The number of fused-ring (bicyclic) bond motifs is 1. The Bertz CT molecular complexity index is 1100. The highest BCUT2D eigenvalue weighted by Gasteiger charge is 2.20. The molecule has 0 unspecified atom stereocenters. The van der Waals surface area contributed by atoms with Crippen molar-refractivity contribution in [3.63, 3.8) is 0 Å². The highest BCUT2D eigenvalue weighted by Crippen LogP contribution is 2.34. The van der Waals surface area contributed by atoms with Crippen LogP contribution in [-0.2, 0) is 12.8 Å². The second-order valence-corrected chi connectivity index (χ2v) is 10.1. The minimum Gasteiger partial charge on any atom is -0.206 e. The Labute approximate surface area is 205 Å². The van der Waals surface area contributed by atoms with E-state index in [1.54, 1.807) is 0 Å². The van der Waals surface area contributed by atoms with Crippen LogP contribution in [0.4, 0.5) is 4.39 Å². The van der Waals surface area contributed by atoms with E-state index in [4.69, 9.17) is 0 Å². The van der Waals surface area contributed by atoms with Crippen LogP contribution < -0.4 is 0 Å². The van der Waals surface area contributed by atoms with Crippen molar-refractivity contribution in [1.29, 1.82) is 0 Å². The van der Waals surface area contributed by atoms with Gasteiger partial charge in [-0.2, -0.15) is 0 Å². The van der Waals surface area contributed by atoms with Crippen molar-refractivity contribution in [1.82, 2.24) is 0 Å². The van der Waals surface area contributed by atoms with Crippen molar-refractivity contribution in [3.05, 3.63) is 96.3 Å². The Kier molecular flexibility index (Phi) is 8.74. The van der Waals surface area contributed by atoms with E-state index in [0.717, 1.165) is 42.0 Å². The van der Waals surface area contributed by atoms with Gasteiger partial charge in [-0.25, -0.2) is 4.39 Å².